The molecule has 1 aromatic rings. The molecule has 6 heteroatoms. The van der Waals surface area contributed by atoms with Crippen LogP contribution in [0.4, 0.5) is 0 Å². The van der Waals surface area contributed by atoms with Gasteiger partial charge in [-0.05, 0) is 20.3 Å². The van der Waals surface area contributed by atoms with Gasteiger partial charge in [0, 0.05) is 13.1 Å². The summed E-state index contributed by atoms with van der Waals surface area (Å²) in [7, 11) is 0. The monoisotopic (exact) mass is 281 g/mol. The van der Waals surface area contributed by atoms with E-state index in [2.05, 4.69) is 4.98 Å². The summed E-state index contributed by atoms with van der Waals surface area (Å²) in [6.07, 6.45) is 3.22. The topological polar surface area (TPSA) is 81.6 Å². The first-order valence-corrected chi connectivity index (χ1v) is 7.17. The first-order valence-electron chi connectivity index (χ1n) is 7.17. The van der Waals surface area contributed by atoms with Gasteiger partial charge in [0.1, 0.15) is 6.26 Å². The average molecular weight is 281 g/mol. The zero-order chi connectivity index (χ0) is 14.7. The van der Waals surface area contributed by atoms with Crippen LogP contribution in [0.3, 0.4) is 0 Å². The second-order valence-electron chi connectivity index (χ2n) is 5.43. The number of hydrogen-bond donors (Lipinski definition) is 1. The highest BCUT2D eigenvalue weighted by Crippen LogP contribution is 2.18. The van der Waals surface area contributed by atoms with Gasteiger partial charge in [0.2, 0.25) is 5.89 Å². The van der Waals surface area contributed by atoms with Gasteiger partial charge in [-0.1, -0.05) is 13.3 Å². The van der Waals surface area contributed by atoms with E-state index in [4.69, 9.17) is 14.9 Å². The lowest BCUT2D eigenvalue weighted by atomic mass is 10.2. The summed E-state index contributed by atoms with van der Waals surface area (Å²) in [5, 5.41) is 0. The molecule has 0 aliphatic carbocycles. The number of carbonyl (C=O) groups is 1. The highest BCUT2D eigenvalue weighted by atomic mass is 16.5. The van der Waals surface area contributed by atoms with Crippen molar-refractivity contribution in [2.45, 2.75) is 51.9 Å². The highest BCUT2D eigenvalue weighted by Gasteiger charge is 2.28. The van der Waals surface area contributed by atoms with Crippen LogP contribution in [0.2, 0.25) is 0 Å². The first kappa shape index (κ1) is 15.0. The molecule has 2 rings (SSSR count). The fourth-order valence-corrected chi connectivity index (χ4v) is 2.50. The minimum absolute atomic E-state index is 0.0384. The van der Waals surface area contributed by atoms with Crippen molar-refractivity contribution < 1.29 is 13.9 Å². The lowest BCUT2D eigenvalue weighted by Gasteiger charge is -2.34. The van der Waals surface area contributed by atoms with Crippen LogP contribution in [0.25, 0.3) is 0 Å². The first-order chi connectivity index (χ1) is 9.51. The number of carbonyl (C=O) groups excluding carboxylic acids is 1. The Bertz CT molecular complexity index is 450. The van der Waals surface area contributed by atoms with Crippen molar-refractivity contribution in [3.8, 4) is 0 Å². The van der Waals surface area contributed by atoms with Crippen molar-refractivity contribution in [3.05, 3.63) is 17.8 Å². The maximum absolute atomic E-state index is 12.4. The Balaban J connectivity index is 2.05. The Morgan fingerprint density at radius 2 is 2.15 bits per heavy atom. The molecule has 1 aliphatic heterocycles. The summed E-state index contributed by atoms with van der Waals surface area (Å²) in [6.45, 7) is 7.12. The Morgan fingerprint density at radius 1 is 1.50 bits per heavy atom. The lowest BCUT2D eigenvalue weighted by molar-refractivity contribution is -0.0587. The van der Waals surface area contributed by atoms with Crippen LogP contribution in [-0.4, -0.2) is 41.1 Å². The van der Waals surface area contributed by atoms with Crippen LogP contribution in [0, 0.1) is 0 Å². The molecule has 3 unspecified atom stereocenters. The molecule has 20 heavy (non-hydrogen) atoms. The smallest absolute Gasteiger partial charge is 0.275 e. The normalized spacial score (nSPS) is 24.7. The van der Waals surface area contributed by atoms with Crippen molar-refractivity contribution in [3.63, 3.8) is 0 Å². The largest absolute Gasteiger partial charge is 0.446 e. The highest BCUT2D eigenvalue weighted by molar-refractivity contribution is 5.92. The minimum atomic E-state index is -0.246. The summed E-state index contributed by atoms with van der Waals surface area (Å²) >= 11 is 0. The lowest BCUT2D eigenvalue weighted by Crippen LogP contribution is -2.48. The molecular formula is C14H23N3O3. The van der Waals surface area contributed by atoms with Gasteiger partial charge < -0.3 is 19.8 Å². The minimum Gasteiger partial charge on any atom is -0.446 e. The number of nitrogens with zero attached hydrogens (tertiary/aromatic N) is 2. The molecule has 1 aromatic heterocycles. The molecule has 3 atom stereocenters. The van der Waals surface area contributed by atoms with Crippen molar-refractivity contribution in [2.75, 3.05) is 13.1 Å². The van der Waals surface area contributed by atoms with Gasteiger partial charge in [-0.25, -0.2) is 4.98 Å². The fourth-order valence-electron chi connectivity index (χ4n) is 2.50. The molecule has 1 fully saturated rings. The fraction of sp³-hybridized carbons (Fsp3) is 0.714. The molecule has 0 saturated carbocycles. The average Bonchev–Trinajstić information content (AvgIpc) is 2.86. The number of hydrogen-bond acceptors (Lipinski definition) is 5. The van der Waals surface area contributed by atoms with Gasteiger partial charge in [-0.3, -0.25) is 4.79 Å². The second-order valence-corrected chi connectivity index (χ2v) is 5.43. The number of rotatable bonds is 4. The quantitative estimate of drug-likeness (QED) is 0.908. The van der Waals surface area contributed by atoms with E-state index >= 15 is 0 Å². The molecule has 2 N–H and O–H groups in total. The van der Waals surface area contributed by atoms with Crippen molar-refractivity contribution >= 4 is 5.91 Å². The van der Waals surface area contributed by atoms with E-state index in [9.17, 15) is 4.79 Å². The van der Waals surface area contributed by atoms with Crippen LogP contribution in [0.1, 0.15) is 56.0 Å². The van der Waals surface area contributed by atoms with E-state index in [-0.39, 0.29) is 24.2 Å². The van der Waals surface area contributed by atoms with E-state index in [0.29, 0.717) is 24.7 Å². The number of amides is 1. The molecule has 1 saturated heterocycles. The predicted octanol–water partition coefficient (Wildman–Crippen LogP) is 1.72. The van der Waals surface area contributed by atoms with Gasteiger partial charge in [-0.15, -0.1) is 0 Å². The second kappa shape index (κ2) is 6.37. The molecule has 0 radical (unpaired) electrons. The Labute approximate surface area is 119 Å². The van der Waals surface area contributed by atoms with Crippen LogP contribution in [0.5, 0.6) is 0 Å². The van der Waals surface area contributed by atoms with Crippen LogP contribution >= 0.6 is 0 Å². The third-order valence-corrected chi connectivity index (χ3v) is 3.36. The number of aromatic nitrogens is 1. The summed E-state index contributed by atoms with van der Waals surface area (Å²) in [5.41, 5.74) is 6.27. The maximum atomic E-state index is 12.4. The number of ether oxygens (including phenoxy) is 1. The molecular weight excluding hydrogens is 258 g/mol. The molecule has 112 valence electrons. The van der Waals surface area contributed by atoms with Crippen LogP contribution in [-0.2, 0) is 4.74 Å². The molecule has 0 bridgehead atoms. The zero-order valence-corrected chi connectivity index (χ0v) is 12.3. The summed E-state index contributed by atoms with van der Waals surface area (Å²) < 4.78 is 10.9. The zero-order valence-electron chi connectivity index (χ0n) is 12.3. The van der Waals surface area contributed by atoms with Crippen molar-refractivity contribution in [1.29, 1.82) is 0 Å². The van der Waals surface area contributed by atoms with E-state index in [1.807, 2.05) is 20.8 Å². The van der Waals surface area contributed by atoms with Crippen LogP contribution < -0.4 is 5.73 Å². The van der Waals surface area contributed by atoms with Gasteiger partial charge in [-0.2, -0.15) is 0 Å². The molecule has 6 nitrogen and oxygen atoms in total. The molecule has 0 aromatic carbocycles. The maximum Gasteiger partial charge on any atom is 0.275 e. The molecule has 0 spiro atoms. The Morgan fingerprint density at radius 3 is 2.75 bits per heavy atom. The summed E-state index contributed by atoms with van der Waals surface area (Å²) in [6, 6.07) is -0.246. The van der Waals surface area contributed by atoms with Crippen molar-refractivity contribution in [2.24, 2.45) is 5.73 Å². The third kappa shape index (κ3) is 3.37. The van der Waals surface area contributed by atoms with E-state index in [0.717, 1.165) is 12.8 Å². The van der Waals surface area contributed by atoms with Gasteiger partial charge in [0.05, 0.1) is 18.2 Å². The number of nitrogens with two attached hydrogens (primary N) is 1. The summed E-state index contributed by atoms with van der Waals surface area (Å²) in [5.74, 6) is 0.315. The van der Waals surface area contributed by atoms with Crippen molar-refractivity contribution in [1.82, 2.24) is 9.88 Å². The Kier molecular flexibility index (Phi) is 4.77. The van der Waals surface area contributed by atoms with E-state index in [1.54, 1.807) is 4.90 Å². The predicted molar refractivity (Wildman–Crippen MR) is 74.3 cm³/mol. The van der Waals surface area contributed by atoms with Gasteiger partial charge >= 0.3 is 0 Å². The molecule has 2 heterocycles. The Hall–Kier alpha value is -1.40. The van der Waals surface area contributed by atoms with E-state index in [1.165, 1.54) is 6.26 Å². The molecule has 1 aliphatic rings. The van der Waals surface area contributed by atoms with Gasteiger partial charge in [0.15, 0.2) is 5.69 Å². The van der Waals surface area contributed by atoms with Crippen LogP contribution in [0.15, 0.2) is 10.7 Å². The van der Waals surface area contributed by atoms with E-state index < -0.39 is 0 Å². The summed E-state index contributed by atoms with van der Waals surface area (Å²) in [4.78, 5) is 18.4. The third-order valence-electron chi connectivity index (χ3n) is 3.36. The van der Waals surface area contributed by atoms with Gasteiger partial charge in [0.25, 0.3) is 5.91 Å². The number of oxazole rings is 1. The molecule has 1 amide bonds. The number of morpholine rings is 1. The SMILES string of the molecule is CCCC(N)c1nc(C(=O)N2CC(C)OC(C)C2)co1. The standard InChI is InChI=1S/C14H23N3O3/c1-4-5-11(15)13-16-12(8-19-13)14(18)17-6-9(2)20-10(3)7-17/h8-11H,4-7,15H2,1-3H3.